The highest BCUT2D eigenvalue weighted by Crippen LogP contribution is 2.25. The van der Waals surface area contributed by atoms with E-state index in [4.69, 9.17) is 0 Å². The Morgan fingerprint density at radius 2 is 2.05 bits per heavy atom. The van der Waals surface area contributed by atoms with E-state index in [1.54, 1.807) is 0 Å². The van der Waals surface area contributed by atoms with Gasteiger partial charge in [-0.3, -0.25) is 4.79 Å². The first-order valence-corrected chi connectivity index (χ1v) is 7.71. The summed E-state index contributed by atoms with van der Waals surface area (Å²) in [4.78, 5) is 12.2. The van der Waals surface area contributed by atoms with Gasteiger partial charge in [-0.1, -0.05) is 44.9 Å². The van der Waals surface area contributed by atoms with Gasteiger partial charge in [0.25, 0.3) is 0 Å². The number of carbonyl (C=O) groups is 1. The summed E-state index contributed by atoms with van der Waals surface area (Å²) in [5, 5.41) is 6.43. The van der Waals surface area contributed by atoms with E-state index in [0.717, 1.165) is 24.4 Å². The zero-order chi connectivity index (χ0) is 14.5. The van der Waals surface area contributed by atoms with Gasteiger partial charge >= 0.3 is 0 Å². The number of anilines is 1. The summed E-state index contributed by atoms with van der Waals surface area (Å²) in [7, 11) is 0. The van der Waals surface area contributed by atoms with Crippen LogP contribution in [0.15, 0.2) is 24.3 Å². The van der Waals surface area contributed by atoms with E-state index in [1.807, 2.05) is 18.2 Å². The molecule has 1 aliphatic heterocycles. The molecule has 0 bridgehead atoms. The lowest BCUT2D eigenvalue weighted by Crippen LogP contribution is -2.42. The Balaban J connectivity index is 1.76. The third kappa shape index (κ3) is 3.99. The molecule has 2 rings (SSSR count). The van der Waals surface area contributed by atoms with Gasteiger partial charge < -0.3 is 10.6 Å². The molecule has 3 heteroatoms. The molecule has 0 spiro atoms. The van der Waals surface area contributed by atoms with Crippen LogP contribution in [0.1, 0.15) is 45.6 Å². The quantitative estimate of drug-likeness (QED) is 0.835. The second-order valence-corrected chi connectivity index (χ2v) is 6.29. The zero-order valence-electron chi connectivity index (χ0n) is 12.8. The Kier molecular flexibility index (Phi) is 5.05. The first-order valence-electron chi connectivity index (χ1n) is 7.71. The highest BCUT2D eigenvalue weighted by molar-refractivity contribution is 5.87. The highest BCUT2D eigenvalue weighted by atomic mass is 16.2. The summed E-state index contributed by atoms with van der Waals surface area (Å²) in [5.41, 5.74) is 2.33. The molecule has 2 N–H and O–H groups in total. The number of rotatable bonds is 6. The standard InChI is InChI=1S/C17H26N2O/c1-12(2)7-6-8-13(3)18-17(20)16-11-14-9-4-5-10-15(14)19-16/h4-5,9-10,12-13,16,19H,6-8,11H2,1-3H3,(H,18,20). The smallest absolute Gasteiger partial charge is 0.243 e. The van der Waals surface area contributed by atoms with E-state index in [2.05, 4.69) is 37.5 Å². The Bertz CT molecular complexity index is 431. The van der Waals surface area contributed by atoms with Gasteiger partial charge in [0.15, 0.2) is 0 Å². The second-order valence-electron chi connectivity index (χ2n) is 6.29. The minimum Gasteiger partial charge on any atom is -0.373 e. The minimum absolute atomic E-state index is 0.111. The van der Waals surface area contributed by atoms with Crippen LogP contribution in [0.25, 0.3) is 0 Å². The maximum atomic E-state index is 12.2. The molecule has 1 aromatic carbocycles. The zero-order valence-corrected chi connectivity index (χ0v) is 12.8. The van der Waals surface area contributed by atoms with Crippen LogP contribution < -0.4 is 10.6 Å². The molecule has 20 heavy (non-hydrogen) atoms. The van der Waals surface area contributed by atoms with E-state index in [9.17, 15) is 4.79 Å². The van der Waals surface area contributed by atoms with Crippen LogP contribution in [0.5, 0.6) is 0 Å². The summed E-state index contributed by atoms with van der Waals surface area (Å²) in [6, 6.07) is 8.29. The third-order valence-electron chi connectivity index (χ3n) is 3.89. The number of nitrogens with one attached hydrogen (secondary N) is 2. The van der Waals surface area contributed by atoms with E-state index in [-0.39, 0.29) is 18.0 Å². The summed E-state index contributed by atoms with van der Waals surface area (Å²) in [6.45, 7) is 6.58. The number of carbonyl (C=O) groups excluding carboxylic acids is 1. The van der Waals surface area contributed by atoms with E-state index >= 15 is 0 Å². The van der Waals surface area contributed by atoms with Gasteiger partial charge in [-0.15, -0.1) is 0 Å². The minimum atomic E-state index is -0.111. The van der Waals surface area contributed by atoms with Crippen molar-refractivity contribution in [2.75, 3.05) is 5.32 Å². The van der Waals surface area contributed by atoms with Crippen molar-refractivity contribution in [3.05, 3.63) is 29.8 Å². The Morgan fingerprint density at radius 3 is 2.75 bits per heavy atom. The van der Waals surface area contributed by atoms with Gasteiger partial charge in [0.2, 0.25) is 5.91 Å². The number of benzene rings is 1. The van der Waals surface area contributed by atoms with Crippen molar-refractivity contribution in [2.45, 2.75) is 58.5 Å². The Morgan fingerprint density at radius 1 is 1.30 bits per heavy atom. The van der Waals surface area contributed by atoms with Gasteiger partial charge in [-0.2, -0.15) is 0 Å². The van der Waals surface area contributed by atoms with Crippen LogP contribution in [0.3, 0.4) is 0 Å². The largest absolute Gasteiger partial charge is 0.373 e. The SMILES string of the molecule is CC(C)CCCC(C)NC(=O)C1Cc2ccccc2N1. The average molecular weight is 274 g/mol. The van der Waals surface area contributed by atoms with Gasteiger partial charge in [-0.05, 0) is 30.9 Å². The van der Waals surface area contributed by atoms with E-state index in [0.29, 0.717) is 0 Å². The molecule has 2 atom stereocenters. The first-order chi connectivity index (χ1) is 9.56. The molecule has 0 saturated heterocycles. The van der Waals surface area contributed by atoms with E-state index in [1.165, 1.54) is 18.4 Å². The molecule has 110 valence electrons. The molecule has 1 aromatic rings. The van der Waals surface area contributed by atoms with Gasteiger partial charge in [0.1, 0.15) is 6.04 Å². The monoisotopic (exact) mass is 274 g/mol. The Hall–Kier alpha value is -1.51. The van der Waals surface area contributed by atoms with Crippen LogP contribution in [0, 0.1) is 5.92 Å². The van der Waals surface area contributed by atoms with Crippen molar-refractivity contribution in [2.24, 2.45) is 5.92 Å². The normalized spacial score (nSPS) is 18.5. The number of hydrogen-bond donors (Lipinski definition) is 2. The van der Waals surface area contributed by atoms with Crippen molar-refractivity contribution in [3.8, 4) is 0 Å². The van der Waals surface area contributed by atoms with Crippen LogP contribution in [-0.4, -0.2) is 18.0 Å². The molecule has 0 aromatic heterocycles. The molecule has 3 nitrogen and oxygen atoms in total. The molecule has 2 unspecified atom stereocenters. The number of amides is 1. The number of para-hydroxylation sites is 1. The van der Waals surface area contributed by atoms with E-state index < -0.39 is 0 Å². The fourth-order valence-corrected chi connectivity index (χ4v) is 2.70. The fraction of sp³-hybridized carbons (Fsp3) is 0.588. The molecule has 1 amide bonds. The summed E-state index contributed by atoms with van der Waals surface area (Å²) >= 11 is 0. The molecule has 1 heterocycles. The lowest BCUT2D eigenvalue weighted by Gasteiger charge is -2.18. The molecule has 0 aliphatic carbocycles. The van der Waals surface area contributed by atoms with Crippen molar-refractivity contribution < 1.29 is 4.79 Å². The first kappa shape index (κ1) is 14.9. The third-order valence-corrected chi connectivity index (χ3v) is 3.89. The van der Waals surface area contributed by atoms with Crippen molar-refractivity contribution in [1.29, 1.82) is 0 Å². The summed E-state index contributed by atoms with van der Waals surface area (Å²) in [5.74, 6) is 0.863. The lowest BCUT2D eigenvalue weighted by molar-refractivity contribution is -0.122. The van der Waals surface area contributed by atoms with Crippen molar-refractivity contribution >= 4 is 11.6 Å². The highest BCUT2D eigenvalue weighted by Gasteiger charge is 2.26. The molecular weight excluding hydrogens is 248 g/mol. The van der Waals surface area contributed by atoms with Gasteiger partial charge in [0.05, 0.1) is 0 Å². The maximum Gasteiger partial charge on any atom is 0.243 e. The van der Waals surface area contributed by atoms with Gasteiger partial charge in [-0.25, -0.2) is 0 Å². The predicted molar refractivity (Wildman–Crippen MR) is 83.9 cm³/mol. The van der Waals surface area contributed by atoms with Crippen LogP contribution in [0.4, 0.5) is 5.69 Å². The number of fused-ring (bicyclic) bond motifs is 1. The molecule has 0 saturated carbocycles. The molecule has 0 fully saturated rings. The lowest BCUT2D eigenvalue weighted by atomic mass is 10.0. The van der Waals surface area contributed by atoms with Crippen molar-refractivity contribution in [1.82, 2.24) is 5.32 Å². The summed E-state index contributed by atoms with van der Waals surface area (Å²) in [6.07, 6.45) is 4.26. The number of hydrogen-bond acceptors (Lipinski definition) is 2. The van der Waals surface area contributed by atoms with Crippen LogP contribution in [0.2, 0.25) is 0 Å². The topological polar surface area (TPSA) is 41.1 Å². The predicted octanol–water partition coefficient (Wildman–Crippen LogP) is 3.35. The average Bonchev–Trinajstić information content (AvgIpc) is 2.82. The Labute approximate surface area is 122 Å². The van der Waals surface area contributed by atoms with Crippen LogP contribution >= 0.6 is 0 Å². The molecular formula is C17H26N2O. The maximum absolute atomic E-state index is 12.2. The fourth-order valence-electron chi connectivity index (χ4n) is 2.70. The van der Waals surface area contributed by atoms with Crippen LogP contribution in [-0.2, 0) is 11.2 Å². The van der Waals surface area contributed by atoms with Crippen molar-refractivity contribution in [3.63, 3.8) is 0 Å². The molecule has 1 aliphatic rings. The summed E-state index contributed by atoms with van der Waals surface area (Å²) < 4.78 is 0. The second kappa shape index (κ2) is 6.78. The van der Waals surface area contributed by atoms with Gasteiger partial charge in [0, 0.05) is 18.2 Å². The molecule has 0 radical (unpaired) electrons.